The van der Waals surface area contributed by atoms with Crippen LogP contribution in [0.25, 0.3) is 0 Å². The second-order valence-electron chi connectivity index (χ2n) is 3.19. The zero-order valence-corrected chi connectivity index (χ0v) is 10.1. The van der Waals surface area contributed by atoms with E-state index in [4.69, 9.17) is 23.8 Å². The van der Waals surface area contributed by atoms with Crippen molar-refractivity contribution in [3.63, 3.8) is 0 Å². The van der Waals surface area contributed by atoms with Crippen LogP contribution in [0.15, 0.2) is 24.4 Å². The number of thioether (sulfide) groups is 1. The van der Waals surface area contributed by atoms with Crippen molar-refractivity contribution in [3.8, 4) is 0 Å². The van der Waals surface area contributed by atoms with E-state index in [1.807, 2.05) is 12.1 Å². The van der Waals surface area contributed by atoms with Gasteiger partial charge in [0.1, 0.15) is 10.1 Å². The number of anilines is 1. The molecular weight excluding hydrogens is 252 g/mol. The number of rotatable bonds is 2. The summed E-state index contributed by atoms with van der Waals surface area (Å²) in [5.41, 5.74) is -1.11. The minimum absolute atomic E-state index is 0.108. The molecule has 1 aliphatic rings. The van der Waals surface area contributed by atoms with Gasteiger partial charge in [0, 0.05) is 11.9 Å². The monoisotopic (exact) mass is 260 g/mol. The Bertz CT molecular complexity index is 376. The molecule has 3 nitrogen and oxygen atoms in total. The normalized spacial score (nSPS) is 26.0. The van der Waals surface area contributed by atoms with E-state index in [-0.39, 0.29) is 5.88 Å². The quantitative estimate of drug-likeness (QED) is 0.649. The van der Waals surface area contributed by atoms with Crippen molar-refractivity contribution in [2.75, 3.05) is 16.5 Å². The van der Waals surface area contributed by atoms with Gasteiger partial charge in [0.05, 0.1) is 5.88 Å². The molecule has 0 aromatic carbocycles. The molecule has 2 rings (SSSR count). The van der Waals surface area contributed by atoms with E-state index < -0.39 is 5.72 Å². The maximum absolute atomic E-state index is 10.2. The van der Waals surface area contributed by atoms with Gasteiger partial charge in [-0.3, -0.25) is 4.90 Å². The minimum atomic E-state index is -1.11. The van der Waals surface area contributed by atoms with Crippen LogP contribution in [0.3, 0.4) is 0 Å². The van der Waals surface area contributed by atoms with Crippen molar-refractivity contribution in [2.45, 2.75) is 5.72 Å². The maximum atomic E-state index is 10.2. The first kappa shape index (κ1) is 11.1. The fourth-order valence-corrected chi connectivity index (χ4v) is 3.11. The second-order valence-corrected chi connectivity index (χ2v) is 5.07. The third kappa shape index (κ3) is 1.97. The van der Waals surface area contributed by atoms with Crippen molar-refractivity contribution in [1.82, 2.24) is 4.98 Å². The lowest BCUT2D eigenvalue weighted by Crippen LogP contribution is -2.49. The van der Waals surface area contributed by atoms with Crippen LogP contribution in [0.1, 0.15) is 0 Å². The van der Waals surface area contributed by atoms with E-state index >= 15 is 0 Å². The van der Waals surface area contributed by atoms with Gasteiger partial charge >= 0.3 is 0 Å². The molecule has 0 aliphatic carbocycles. The number of aromatic nitrogens is 1. The predicted molar refractivity (Wildman–Crippen MR) is 67.4 cm³/mol. The molecule has 80 valence electrons. The topological polar surface area (TPSA) is 36.4 Å². The molecule has 0 saturated carbocycles. The van der Waals surface area contributed by atoms with E-state index in [0.29, 0.717) is 15.9 Å². The second kappa shape index (κ2) is 4.25. The first-order chi connectivity index (χ1) is 7.17. The Morgan fingerprint density at radius 3 is 3.07 bits per heavy atom. The molecule has 1 unspecified atom stereocenters. The zero-order valence-electron chi connectivity index (χ0n) is 7.76. The van der Waals surface area contributed by atoms with Gasteiger partial charge in [-0.05, 0) is 12.1 Å². The summed E-state index contributed by atoms with van der Waals surface area (Å²) >= 11 is 12.3. The zero-order chi connectivity index (χ0) is 10.9. The number of alkyl halides is 1. The highest BCUT2D eigenvalue weighted by Crippen LogP contribution is 2.35. The van der Waals surface area contributed by atoms with Crippen LogP contribution in [0.5, 0.6) is 0 Å². The number of pyridine rings is 1. The van der Waals surface area contributed by atoms with Crippen molar-refractivity contribution in [2.24, 2.45) is 0 Å². The van der Waals surface area contributed by atoms with Crippen LogP contribution >= 0.6 is 35.6 Å². The summed E-state index contributed by atoms with van der Waals surface area (Å²) in [4.78, 5) is 5.77. The molecule has 1 N–H and O–H groups in total. The van der Waals surface area contributed by atoms with E-state index in [0.717, 1.165) is 0 Å². The summed E-state index contributed by atoms with van der Waals surface area (Å²) in [5, 5.41) is 10.2. The van der Waals surface area contributed by atoms with Crippen molar-refractivity contribution < 1.29 is 5.11 Å². The molecule has 1 aromatic heterocycles. The van der Waals surface area contributed by atoms with Gasteiger partial charge in [0.2, 0.25) is 0 Å². The minimum Gasteiger partial charge on any atom is -0.368 e. The predicted octanol–water partition coefficient (Wildman–Crippen LogP) is 1.85. The summed E-state index contributed by atoms with van der Waals surface area (Å²) in [6.45, 7) is 0. The Morgan fingerprint density at radius 2 is 2.47 bits per heavy atom. The van der Waals surface area contributed by atoms with Crippen LogP contribution in [-0.2, 0) is 0 Å². The van der Waals surface area contributed by atoms with Crippen LogP contribution < -0.4 is 4.90 Å². The molecule has 1 atom stereocenters. The van der Waals surface area contributed by atoms with Crippen LogP contribution in [0, 0.1) is 0 Å². The lowest BCUT2D eigenvalue weighted by atomic mass is 10.2. The summed E-state index contributed by atoms with van der Waals surface area (Å²) in [6, 6.07) is 5.47. The van der Waals surface area contributed by atoms with Crippen molar-refractivity contribution in [1.29, 1.82) is 0 Å². The van der Waals surface area contributed by atoms with Gasteiger partial charge < -0.3 is 5.11 Å². The Balaban J connectivity index is 2.38. The number of hydrogen-bond acceptors (Lipinski definition) is 4. The average molecular weight is 261 g/mol. The lowest BCUT2D eigenvalue weighted by Gasteiger charge is -2.31. The molecule has 1 aliphatic heterocycles. The van der Waals surface area contributed by atoms with Crippen molar-refractivity contribution in [3.05, 3.63) is 24.4 Å². The molecular formula is C9H9ClN2OS2. The number of thiocarbonyl (C=S) groups is 1. The lowest BCUT2D eigenvalue weighted by molar-refractivity contribution is 0.103. The smallest absolute Gasteiger partial charge is 0.167 e. The molecule has 0 radical (unpaired) electrons. The Morgan fingerprint density at radius 1 is 1.67 bits per heavy atom. The van der Waals surface area contributed by atoms with Crippen LogP contribution in [-0.4, -0.2) is 31.8 Å². The number of hydrogen-bond donors (Lipinski definition) is 1. The number of halogens is 1. The molecule has 2 heterocycles. The first-order valence-corrected chi connectivity index (χ1v) is 6.26. The van der Waals surface area contributed by atoms with Crippen LogP contribution in [0.4, 0.5) is 5.82 Å². The third-order valence-electron chi connectivity index (χ3n) is 2.12. The van der Waals surface area contributed by atoms with Gasteiger partial charge in [-0.1, -0.05) is 30.0 Å². The molecule has 1 saturated heterocycles. The maximum Gasteiger partial charge on any atom is 0.167 e. The highest BCUT2D eigenvalue weighted by Gasteiger charge is 2.43. The number of nitrogens with zero attached hydrogens (tertiary/aromatic N) is 2. The Labute approximate surface area is 102 Å². The van der Waals surface area contributed by atoms with Gasteiger partial charge in [0.15, 0.2) is 5.72 Å². The van der Waals surface area contributed by atoms with Crippen LogP contribution in [0.2, 0.25) is 0 Å². The highest BCUT2D eigenvalue weighted by atomic mass is 35.5. The summed E-state index contributed by atoms with van der Waals surface area (Å²) in [5.74, 6) is 1.22. The number of aliphatic hydroxyl groups is 1. The summed E-state index contributed by atoms with van der Waals surface area (Å²) < 4.78 is 0.608. The van der Waals surface area contributed by atoms with Gasteiger partial charge in [0.25, 0.3) is 0 Å². The Kier molecular flexibility index (Phi) is 3.16. The molecule has 15 heavy (non-hydrogen) atoms. The summed E-state index contributed by atoms with van der Waals surface area (Å²) in [7, 11) is 0. The molecule has 1 fully saturated rings. The molecule has 1 aromatic rings. The summed E-state index contributed by atoms with van der Waals surface area (Å²) in [6.07, 6.45) is 1.66. The average Bonchev–Trinajstić information content (AvgIpc) is 2.57. The molecule has 6 heteroatoms. The van der Waals surface area contributed by atoms with Gasteiger partial charge in [-0.15, -0.1) is 11.6 Å². The highest BCUT2D eigenvalue weighted by molar-refractivity contribution is 8.23. The fraction of sp³-hybridized carbons (Fsp3) is 0.333. The fourth-order valence-electron chi connectivity index (χ4n) is 1.37. The standard InChI is InChI=1S/C9H9ClN2OS2/c10-5-9(13)6-15-8(14)12(9)7-3-1-2-4-11-7/h1-4,13H,5-6H2. The molecule has 0 bridgehead atoms. The SMILES string of the molecule is OC1(CCl)CSC(=S)N1c1ccccn1. The third-order valence-corrected chi connectivity index (χ3v) is 4.12. The van der Waals surface area contributed by atoms with Gasteiger partial charge in [-0.2, -0.15) is 0 Å². The largest absolute Gasteiger partial charge is 0.368 e. The van der Waals surface area contributed by atoms with E-state index in [1.54, 1.807) is 17.2 Å². The van der Waals surface area contributed by atoms with E-state index in [2.05, 4.69) is 4.98 Å². The first-order valence-electron chi connectivity index (χ1n) is 4.34. The van der Waals surface area contributed by atoms with Gasteiger partial charge in [-0.25, -0.2) is 4.98 Å². The molecule has 0 spiro atoms. The van der Waals surface area contributed by atoms with E-state index in [9.17, 15) is 5.11 Å². The van der Waals surface area contributed by atoms with Crippen molar-refractivity contribution >= 4 is 45.7 Å². The molecule has 0 amide bonds. The van der Waals surface area contributed by atoms with E-state index in [1.165, 1.54) is 11.8 Å². The Hall–Kier alpha value is -0.360.